The van der Waals surface area contributed by atoms with Crippen molar-refractivity contribution >= 4 is 5.91 Å². The van der Waals surface area contributed by atoms with E-state index in [0.717, 1.165) is 28.9 Å². The molecule has 1 aliphatic rings. The molecule has 2 aromatic heterocycles. The molecule has 122 valence electrons. The van der Waals surface area contributed by atoms with Gasteiger partial charge in [-0.05, 0) is 44.4 Å². The van der Waals surface area contributed by atoms with Crippen molar-refractivity contribution in [3.05, 3.63) is 51.2 Å². The molecule has 0 saturated heterocycles. The summed E-state index contributed by atoms with van der Waals surface area (Å²) in [5.41, 5.74) is 4.01. The minimum Gasteiger partial charge on any atom is -0.336 e. The summed E-state index contributed by atoms with van der Waals surface area (Å²) >= 11 is 0. The Morgan fingerprint density at radius 2 is 2.00 bits per heavy atom. The first-order chi connectivity index (χ1) is 10.9. The van der Waals surface area contributed by atoms with Crippen LogP contribution in [0.3, 0.4) is 0 Å². The van der Waals surface area contributed by atoms with Crippen molar-refractivity contribution in [1.82, 2.24) is 19.2 Å². The molecule has 0 radical (unpaired) electrons. The highest BCUT2D eigenvalue weighted by Crippen LogP contribution is 2.21. The van der Waals surface area contributed by atoms with E-state index in [0.29, 0.717) is 13.1 Å². The van der Waals surface area contributed by atoms with E-state index in [1.54, 1.807) is 22.4 Å². The maximum atomic E-state index is 12.8. The van der Waals surface area contributed by atoms with Crippen molar-refractivity contribution in [2.45, 2.75) is 39.8 Å². The third kappa shape index (κ3) is 2.81. The molecule has 1 atom stereocenters. The minimum atomic E-state index is -0.321. The summed E-state index contributed by atoms with van der Waals surface area (Å²) in [6.07, 6.45) is 2.56. The molecule has 1 amide bonds. The molecule has 0 bridgehead atoms. The van der Waals surface area contributed by atoms with Gasteiger partial charge in [-0.15, -0.1) is 0 Å². The average Bonchev–Trinajstić information content (AvgIpc) is 2.85. The van der Waals surface area contributed by atoms with Crippen LogP contribution in [0.5, 0.6) is 0 Å². The standard InChI is InChI=1S/C17H22N4O2/c1-11-7-12(2)21(18-11)13(3)17(23)20-6-5-14-8-16(22)19(4)9-15(14)10-20/h7-9,13H,5-6,10H2,1-4H3. The maximum Gasteiger partial charge on any atom is 0.250 e. The van der Waals surface area contributed by atoms with Gasteiger partial charge < -0.3 is 9.47 Å². The van der Waals surface area contributed by atoms with E-state index in [1.807, 2.05) is 37.9 Å². The zero-order chi connectivity index (χ0) is 16.7. The van der Waals surface area contributed by atoms with Gasteiger partial charge in [0, 0.05) is 38.1 Å². The van der Waals surface area contributed by atoms with E-state index in [9.17, 15) is 9.59 Å². The van der Waals surface area contributed by atoms with Crippen molar-refractivity contribution in [2.24, 2.45) is 7.05 Å². The lowest BCUT2D eigenvalue weighted by molar-refractivity contribution is -0.135. The van der Waals surface area contributed by atoms with Crippen LogP contribution in [0.25, 0.3) is 0 Å². The highest BCUT2D eigenvalue weighted by atomic mass is 16.2. The van der Waals surface area contributed by atoms with E-state index >= 15 is 0 Å². The Kier molecular flexibility index (Phi) is 3.83. The fourth-order valence-electron chi connectivity index (χ4n) is 3.23. The Bertz CT molecular complexity index is 818. The third-order valence-electron chi connectivity index (χ3n) is 4.50. The molecule has 3 rings (SSSR count). The molecular weight excluding hydrogens is 292 g/mol. The van der Waals surface area contributed by atoms with Crippen molar-refractivity contribution in [3.63, 3.8) is 0 Å². The van der Waals surface area contributed by atoms with Crippen LogP contribution in [0.2, 0.25) is 0 Å². The van der Waals surface area contributed by atoms with E-state index < -0.39 is 0 Å². The molecule has 23 heavy (non-hydrogen) atoms. The third-order valence-corrected chi connectivity index (χ3v) is 4.50. The number of aromatic nitrogens is 3. The molecule has 1 unspecified atom stereocenters. The predicted molar refractivity (Wildman–Crippen MR) is 87.2 cm³/mol. The number of fused-ring (bicyclic) bond motifs is 1. The lowest BCUT2D eigenvalue weighted by Gasteiger charge is -2.31. The van der Waals surface area contributed by atoms with Crippen molar-refractivity contribution in [2.75, 3.05) is 6.54 Å². The first kappa shape index (κ1) is 15.5. The smallest absolute Gasteiger partial charge is 0.250 e. The Morgan fingerprint density at radius 3 is 2.65 bits per heavy atom. The van der Waals surface area contributed by atoms with Crippen LogP contribution in [-0.2, 0) is 24.8 Å². The van der Waals surface area contributed by atoms with Crippen LogP contribution in [0.15, 0.2) is 23.1 Å². The summed E-state index contributed by atoms with van der Waals surface area (Å²) in [6, 6.07) is 3.34. The van der Waals surface area contributed by atoms with E-state index in [4.69, 9.17) is 0 Å². The summed E-state index contributed by atoms with van der Waals surface area (Å²) in [4.78, 5) is 26.4. The molecule has 0 aliphatic carbocycles. The maximum absolute atomic E-state index is 12.8. The Labute approximate surface area is 135 Å². The quantitative estimate of drug-likeness (QED) is 0.840. The molecular formula is C17H22N4O2. The average molecular weight is 314 g/mol. The SMILES string of the molecule is Cc1cc(C)n(C(C)C(=O)N2CCc3cc(=O)n(C)cc3C2)n1. The van der Waals surface area contributed by atoms with Gasteiger partial charge in [0.25, 0.3) is 5.56 Å². The van der Waals surface area contributed by atoms with Gasteiger partial charge in [0.1, 0.15) is 6.04 Å². The van der Waals surface area contributed by atoms with Gasteiger partial charge in [-0.2, -0.15) is 5.10 Å². The first-order valence-electron chi connectivity index (χ1n) is 7.87. The van der Waals surface area contributed by atoms with Gasteiger partial charge in [-0.3, -0.25) is 14.3 Å². The summed E-state index contributed by atoms with van der Waals surface area (Å²) in [6.45, 7) is 6.97. The van der Waals surface area contributed by atoms with Crippen LogP contribution in [-0.4, -0.2) is 31.7 Å². The highest BCUT2D eigenvalue weighted by molar-refractivity contribution is 5.80. The van der Waals surface area contributed by atoms with Crippen LogP contribution >= 0.6 is 0 Å². The number of carbonyl (C=O) groups excluding carboxylic acids is 1. The summed E-state index contributed by atoms with van der Waals surface area (Å²) in [5.74, 6) is 0.0655. The first-order valence-corrected chi connectivity index (χ1v) is 7.87. The molecule has 3 heterocycles. The molecule has 0 spiro atoms. The number of hydrogen-bond donors (Lipinski definition) is 0. The Morgan fingerprint density at radius 1 is 1.26 bits per heavy atom. The summed E-state index contributed by atoms with van der Waals surface area (Å²) in [7, 11) is 1.74. The van der Waals surface area contributed by atoms with E-state index in [1.165, 1.54) is 0 Å². The van der Waals surface area contributed by atoms with Crippen molar-refractivity contribution in [3.8, 4) is 0 Å². The fraction of sp³-hybridized carbons (Fsp3) is 0.471. The summed E-state index contributed by atoms with van der Waals surface area (Å²) < 4.78 is 3.35. The molecule has 6 heteroatoms. The predicted octanol–water partition coefficient (Wildman–Crippen LogP) is 1.34. The Balaban J connectivity index is 1.82. The number of aryl methyl sites for hydroxylation is 3. The lowest BCUT2D eigenvalue weighted by Crippen LogP contribution is -2.41. The van der Waals surface area contributed by atoms with Gasteiger partial charge in [0.05, 0.1) is 5.69 Å². The second kappa shape index (κ2) is 5.68. The van der Waals surface area contributed by atoms with Gasteiger partial charge in [-0.1, -0.05) is 0 Å². The van der Waals surface area contributed by atoms with Gasteiger partial charge in [0.2, 0.25) is 5.91 Å². The van der Waals surface area contributed by atoms with Crippen LogP contribution in [0, 0.1) is 13.8 Å². The molecule has 0 saturated carbocycles. The number of amides is 1. The van der Waals surface area contributed by atoms with E-state index in [2.05, 4.69) is 5.10 Å². The fourth-order valence-corrected chi connectivity index (χ4v) is 3.23. The number of nitrogens with zero attached hydrogens (tertiary/aromatic N) is 4. The van der Waals surface area contributed by atoms with Crippen LogP contribution in [0.1, 0.15) is 35.5 Å². The minimum absolute atomic E-state index is 0.000430. The zero-order valence-corrected chi connectivity index (χ0v) is 14.0. The second-order valence-electron chi connectivity index (χ2n) is 6.33. The number of rotatable bonds is 2. The zero-order valence-electron chi connectivity index (χ0n) is 14.0. The van der Waals surface area contributed by atoms with E-state index in [-0.39, 0.29) is 17.5 Å². The molecule has 1 aliphatic heterocycles. The lowest BCUT2D eigenvalue weighted by atomic mass is 10.0. The van der Waals surface area contributed by atoms with Gasteiger partial charge in [0.15, 0.2) is 0 Å². The molecule has 2 aromatic rings. The molecule has 0 N–H and O–H groups in total. The number of pyridine rings is 1. The number of hydrogen-bond acceptors (Lipinski definition) is 3. The van der Waals surface area contributed by atoms with Crippen LogP contribution < -0.4 is 5.56 Å². The van der Waals surface area contributed by atoms with Crippen molar-refractivity contribution < 1.29 is 4.79 Å². The highest BCUT2D eigenvalue weighted by Gasteiger charge is 2.27. The summed E-state index contributed by atoms with van der Waals surface area (Å²) in [5, 5.41) is 4.42. The van der Waals surface area contributed by atoms with Crippen molar-refractivity contribution in [1.29, 1.82) is 0 Å². The second-order valence-corrected chi connectivity index (χ2v) is 6.33. The number of carbonyl (C=O) groups is 1. The largest absolute Gasteiger partial charge is 0.336 e. The molecule has 0 fully saturated rings. The monoisotopic (exact) mass is 314 g/mol. The van der Waals surface area contributed by atoms with Gasteiger partial charge in [-0.25, -0.2) is 0 Å². The topological polar surface area (TPSA) is 60.1 Å². The Hall–Kier alpha value is -2.37. The molecule has 6 nitrogen and oxygen atoms in total. The van der Waals surface area contributed by atoms with Gasteiger partial charge >= 0.3 is 0 Å². The van der Waals surface area contributed by atoms with Crippen LogP contribution in [0.4, 0.5) is 0 Å². The normalized spacial score (nSPS) is 15.4. The molecule has 0 aromatic carbocycles.